The van der Waals surface area contributed by atoms with Crippen LogP contribution in [0.1, 0.15) is 11.6 Å². The van der Waals surface area contributed by atoms with E-state index in [1.54, 1.807) is 6.20 Å². The standard InChI is InChI=1S/C10H13N3O/c1-11-10(6-14)7-4-9-8(13-5-7)2-3-12-9/h2-5,10-12,14H,6H2,1H3/t10-/m0/s1. The summed E-state index contributed by atoms with van der Waals surface area (Å²) in [5.74, 6) is 0. The summed E-state index contributed by atoms with van der Waals surface area (Å²) in [6, 6.07) is 3.88. The highest BCUT2D eigenvalue weighted by molar-refractivity contribution is 5.75. The molecule has 0 saturated carbocycles. The van der Waals surface area contributed by atoms with Crippen molar-refractivity contribution in [2.24, 2.45) is 0 Å². The zero-order valence-electron chi connectivity index (χ0n) is 7.99. The maximum absolute atomic E-state index is 9.10. The van der Waals surface area contributed by atoms with E-state index >= 15 is 0 Å². The maximum Gasteiger partial charge on any atom is 0.0878 e. The lowest BCUT2D eigenvalue weighted by Crippen LogP contribution is -2.19. The minimum absolute atomic E-state index is 0.0461. The van der Waals surface area contributed by atoms with Crippen molar-refractivity contribution < 1.29 is 5.11 Å². The molecule has 4 heteroatoms. The molecule has 0 aliphatic rings. The number of hydrogen-bond donors (Lipinski definition) is 3. The SMILES string of the molecule is CN[C@@H](CO)c1cnc2cc[nH]c2c1. The highest BCUT2D eigenvalue weighted by atomic mass is 16.3. The molecule has 0 spiro atoms. The topological polar surface area (TPSA) is 60.9 Å². The van der Waals surface area contributed by atoms with Gasteiger partial charge < -0.3 is 15.4 Å². The van der Waals surface area contributed by atoms with Gasteiger partial charge in [-0.3, -0.25) is 4.98 Å². The average Bonchev–Trinajstić information content (AvgIpc) is 2.66. The molecular weight excluding hydrogens is 178 g/mol. The van der Waals surface area contributed by atoms with Crippen molar-refractivity contribution in [3.63, 3.8) is 0 Å². The molecule has 1 atom stereocenters. The van der Waals surface area contributed by atoms with Crippen molar-refractivity contribution in [3.8, 4) is 0 Å². The predicted octanol–water partition coefficient (Wildman–Crippen LogP) is 0.816. The number of pyridine rings is 1. The average molecular weight is 191 g/mol. The van der Waals surface area contributed by atoms with Crippen LogP contribution in [0.25, 0.3) is 11.0 Å². The van der Waals surface area contributed by atoms with Gasteiger partial charge in [-0.15, -0.1) is 0 Å². The smallest absolute Gasteiger partial charge is 0.0878 e. The number of likely N-dealkylation sites (N-methyl/N-ethyl adjacent to an activating group) is 1. The van der Waals surface area contributed by atoms with E-state index in [9.17, 15) is 0 Å². The highest BCUT2D eigenvalue weighted by Crippen LogP contribution is 2.16. The number of H-pyrrole nitrogens is 1. The Hall–Kier alpha value is -1.39. The van der Waals surface area contributed by atoms with Crippen molar-refractivity contribution in [3.05, 3.63) is 30.1 Å². The maximum atomic E-state index is 9.10. The van der Waals surface area contributed by atoms with Gasteiger partial charge in [0, 0.05) is 12.4 Å². The summed E-state index contributed by atoms with van der Waals surface area (Å²) in [5.41, 5.74) is 2.93. The molecule has 0 aliphatic carbocycles. The second kappa shape index (κ2) is 3.77. The molecule has 0 unspecified atom stereocenters. The first kappa shape index (κ1) is 9.18. The highest BCUT2D eigenvalue weighted by Gasteiger charge is 2.08. The molecule has 0 aliphatic heterocycles. The number of nitrogens with zero attached hydrogens (tertiary/aromatic N) is 1. The van der Waals surface area contributed by atoms with Crippen molar-refractivity contribution >= 4 is 11.0 Å². The van der Waals surface area contributed by atoms with Crippen molar-refractivity contribution in [1.29, 1.82) is 0 Å². The zero-order valence-corrected chi connectivity index (χ0v) is 7.99. The van der Waals surface area contributed by atoms with Gasteiger partial charge in [0.05, 0.1) is 23.7 Å². The number of fused-ring (bicyclic) bond motifs is 1. The van der Waals surface area contributed by atoms with Crippen molar-refractivity contribution in [2.75, 3.05) is 13.7 Å². The van der Waals surface area contributed by atoms with E-state index in [2.05, 4.69) is 15.3 Å². The van der Waals surface area contributed by atoms with Gasteiger partial charge in [-0.2, -0.15) is 0 Å². The Labute approximate surface area is 82.0 Å². The van der Waals surface area contributed by atoms with Crippen LogP contribution in [-0.2, 0) is 0 Å². The summed E-state index contributed by atoms with van der Waals surface area (Å²) in [5, 5.41) is 12.1. The van der Waals surface area contributed by atoms with E-state index in [1.807, 2.05) is 25.4 Å². The van der Waals surface area contributed by atoms with Gasteiger partial charge in [0.25, 0.3) is 0 Å². The number of aliphatic hydroxyl groups excluding tert-OH is 1. The summed E-state index contributed by atoms with van der Waals surface area (Å²) in [6.07, 6.45) is 3.64. The zero-order chi connectivity index (χ0) is 9.97. The summed E-state index contributed by atoms with van der Waals surface area (Å²) >= 11 is 0. The van der Waals surface area contributed by atoms with E-state index in [1.165, 1.54) is 0 Å². The first-order valence-electron chi connectivity index (χ1n) is 4.56. The fourth-order valence-corrected chi connectivity index (χ4v) is 1.50. The lowest BCUT2D eigenvalue weighted by Gasteiger charge is -2.12. The normalized spacial score (nSPS) is 13.3. The Morgan fingerprint density at radius 3 is 3.21 bits per heavy atom. The van der Waals surface area contributed by atoms with Gasteiger partial charge >= 0.3 is 0 Å². The van der Waals surface area contributed by atoms with Crippen LogP contribution in [0.2, 0.25) is 0 Å². The van der Waals surface area contributed by atoms with Crippen LogP contribution in [0.5, 0.6) is 0 Å². The van der Waals surface area contributed by atoms with Crippen LogP contribution in [0.4, 0.5) is 0 Å². The summed E-state index contributed by atoms with van der Waals surface area (Å²) in [4.78, 5) is 7.37. The van der Waals surface area contributed by atoms with E-state index in [0.717, 1.165) is 16.6 Å². The van der Waals surface area contributed by atoms with Crippen molar-refractivity contribution in [2.45, 2.75) is 6.04 Å². The predicted molar refractivity (Wildman–Crippen MR) is 55.0 cm³/mol. The Morgan fingerprint density at radius 1 is 1.64 bits per heavy atom. The summed E-state index contributed by atoms with van der Waals surface area (Å²) in [6.45, 7) is 0.0738. The molecule has 2 aromatic rings. The lowest BCUT2D eigenvalue weighted by molar-refractivity contribution is 0.251. The lowest BCUT2D eigenvalue weighted by atomic mass is 10.1. The van der Waals surface area contributed by atoms with Crippen LogP contribution in [0, 0.1) is 0 Å². The Bertz CT molecular complexity index is 420. The van der Waals surface area contributed by atoms with E-state index in [4.69, 9.17) is 5.11 Å². The minimum atomic E-state index is -0.0461. The van der Waals surface area contributed by atoms with Gasteiger partial charge in [0.1, 0.15) is 0 Å². The van der Waals surface area contributed by atoms with Crippen LogP contribution in [-0.4, -0.2) is 28.7 Å². The molecular formula is C10H13N3O. The van der Waals surface area contributed by atoms with Gasteiger partial charge in [0.2, 0.25) is 0 Å². The Kier molecular flexibility index (Phi) is 2.47. The first-order chi connectivity index (χ1) is 6.85. The van der Waals surface area contributed by atoms with Crippen LogP contribution >= 0.6 is 0 Å². The number of aromatic nitrogens is 2. The van der Waals surface area contributed by atoms with Gasteiger partial charge in [-0.05, 0) is 24.7 Å². The van der Waals surface area contributed by atoms with Gasteiger partial charge in [-0.1, -0.05) is 0 Å². The number of aliphatic hydroxyl groups is 1. The fraction of sp³-hybridized carbons (Fsp3) is 0.300. The molecule has 0 radical (unpaired) electrons. The van der Waals surface area contributed by atoms with E-state index in [0.29, 0.717) is 0 Å². The monoisotopic (exact) mass is 191 g/mol. The molecule has 0 aromatic carbocycles. The Morgan fingerprint density at radius 2 is 2.50 bits per heavy atom. The fourth-order valence-electron chi connectivity index (χ4n) is 1.50. The molecule has 0 amide bonds. The van der Waals surface area contributed by atoms with Gasteiger partial charge in [-0.25, -0.2) is 0 Å². The molecule has 74 valence electrons. The first-order valence-corrected chi connectivity index (χ1v) is 4.56. The third-order valence-corrected chi connectivity index (χ3v) is 2.35. The molecule has 2 rings (SSSR count). The minimum Gasteiger partial charge on any atom is -0.394 e. The molecule has 4 nitrogen and oxygen atoms in total. The number of hydrogen-bond acceptors (Lipinski definition) is 3. The molecule has 0 fully saturated rings. The molecule has 0 saturated heterocycles. The van der Waals surface area contributed by atoms with E-state index < -0.39 is 0 Å². The Balaban J connectivity index is 2.42. The quantitative estimate of drug-likeness (QED) is 0.673. The molecule has 3 N–H and O–H groups in total. The largest absolute Gasteiger partial charge is 0.394 e. The number of rotatable bonds is 3. The molecule has 2 aromatic heterocycles. The van der Waals surface area contributed by atoms with Crippen LogP contribution < -0.4 is 5.32 Å². The molecule has 14 heavy (non-hydrogen) atoms. The summed E-state index contributed by atoms with van der Waals surface area (Å²) in [7, 11) is 1.82. The third kappa shape index (κ3) is 1.49. The number of nitrogens with one attached hydrogen (secondary N) is 2. The third-order valence-electron chi connectivity index (χ3n) is 2.35. The molecule has 0 bridgehead atoms. The van der Waals surface area contributed by atoms with E-state index in [-0.39, 0.29) is 12.6 Å². The second-order valence-corrected chi connectivity index (χ2v) is 3.20. The number of aromatic amines is 1. The molecule has 2 heterocycles. The van der Waals surface area contributed by atoms with Gasteiger partial charge in [0.15, 0.2) is 0 Å². The second-order valence-electron chi connectivity index (χ2n) is 3.20. The van der Waals surface area contributed by atoms with Crippen LogP contribution in [0.3, 0.4) is 0 Å². The van der Waals surface area contributed by atoms with Crippen molar-refractivity contribution in [1.82, 2.24) is 15.3 Å². The summed E-state index contributed by atoms with van der Waals surface area (Å²) < 4.78 is 0. The van der Waals surface area contributed by atoms with Crippen LogP contribution in [0.15, 0.2) is 24.5 Å².